The summed E-state index contributed by atoms with van der Waals surface area (Å²) in [5.74, 6) is 1.82. The van der Waals surface area contributed by atoms with Gasteiger partial charge >= 0.3 is 0 Å². The van der Waals surface area contributed by atoms with Crippen molar-refractivity contribution in [2.45, 2.75) is 32.2 Å². The van der Waals surface area contributed by atoms with Crippen LogP contribution in [0.5, 0.6) is 0 Å². The fraction of sp³-hybridized carbons (Fsp3) is 0.478. The Balaban J connectivity index is 1.44. The Kier molecular flexibility index (Phi) is 5.90. The van der Waals surface area contributed by atoms with Crippen molar-refractivity contribution in [1.82, 2.24) is 25.0 Å². The number of pyridine rings is 1. The Hall–Kier alpha value is -2.84. The fourth-order valence-corrected chi connectivity index (χ4v) is 4.44. The molecule has 2 aliphatic heterocycles. The van der Waals surface area contributed by atoms with Gasteiger partial charge in [-0.2, -0.15) is 0 Å². The van der Waals surface area contributed by atoms with Gasteiger partial charge < -0.3 is 14.2 Å². The van der Waals surface area contributed by atoms with Crippen LogP contribution < -0.4 is 4.90 Å². The van der Waals surface area contributed by atoms with Crippen LogP contribution in [-0.2, 0) is 11.3 Å². The number of aryl methyl sites for hydroxylation is 1. The third kappa shape index (κ3) is 4.60. The van der Waals surface area contributed by atoms with Crippen molar-refractivity contribution >= 4 is 5.95 Å². The molecule has 0 N–H and O–H groups in total. The molecule has 5 rings (SSSR count). The number of anilines is 1. The van der Waals surface area contributed by atoms with E-state index in [2.05, 4.69) is 31.0 Å². The third-order valence-corrected chi connectivity index (χ3v) is 6.00. The third-order valence-electron chi connectivity index (χ3n) is 6.00. The molecule has 8 heteroatoms. The van der Waals surface area contributed by atoms with Gasteiger partial charge in [0.2, 0.25) is 5.95 Å². The molecule has 2 aliphatic rings. The van der Waals surface area contributed by atoms with Gasteiger partial charge in [-0.15, -0.1) is 0 Å². The van der Waals surface area contributed by atoms with Gasteiger partial charge in [0.25, 0.3) is 0 Å². The average molecular weight is 421 g/mol. The van der Waals surface area contributed by atoms with E-state index < -0.39 is 0 Å². The first-order valence-electron chi connectivity index (χ1n) is 11.0. The van der Waals surface area contributed by atoms with Gasteiger partial charge in [-0.3, -0.25) is 9.88 Å². The van der Waals surface area contributed by atoms with E-state index in [-0.39, 0.29) is 0 Å². The number of piperidine rings is 1. The molecule has 0 spiro atoms. The second-order valence-electron chi connectivity index (χ2n) is 8.30. The minimum atomic E-state index is 0.306. The lowest BCUT2D eigenvalue weighted by atomic mass is 9.91. The van der Waals surface area contributed by atoms with Crippen LogP contribution in [0.3, 0.4) is 0 Å². The molecule has 0 bridgehead atoms. The zero-order chi connectivity index (χ0) is 21.0. The molecule has 31 heavy (non-hydrogen) atoms. The fourth-order valence-electron chi connectivity index (χ4n) is 4.44. The molecule has 0 aliphatic carbocycles. The number of likely N-dealkylation sites (tertiary alicyclic amines) is 1. The molecule has 2 saturated heterocycles. The molecule has 0 saturated carbocycles. The van der Waals surface area contributed by atoms with Crippen molar-refractivity contribution < 1.29 is 9.26 Å². The predicted molar refractivity (Wildman–Crippen MR) is 117 cm³/mol. The van der Waals surface area contributed by atoms with E-state index in [0.717, 1.165) is 79.9 Å². The smallest absolute Gasteiger partial charge is 0.225 e. The highest BCUT2D eigenvalue weighted by molar-refractivity contribution is 5.61. The second kappa shape index (κ2) is 9.11. The summed E-state index contributed by atoms with van der Waals surface area (Å²) in [6.07, 6.45) is 5.99. The minimum absolute atomic E-state index is 0.306. The molecule has 0 radical (unpaired) electrons. The van der Waals surface area contributed by atoms with Crippen molar-refractivity contribution in [3.63, 3.8) is 0 Å². The van der Waals surface area contributed by atoms with E-state index >= 15 is 0 Å². The number of nitrogens with zero attached hydrogens (tertiary/aromatic N) is 6. The topological polar surface area (TPSA) is 80.4 Å². The zero-order valence-corrected chi connectivity index (χ0v) is 17.9. The summed E-state index contributed by atoms with van der Waals surface area (Å²) in [5.41, 5.74) is 3.96. The highest BCUT2D eigenvalue weighted by Gasteiger charge is 2.28. The van der Waals surface area contributed by atoms with Gasteiger partial charge in [-0.05, 0) is 38.4 Å². The summed E-state index contributed by atoms with van der Waals surface area (Å²) in [4.78, 5) is 18.9. The molecule has 8 nitrogen and oxygen atoms in total. The molecule has 0 aromatic carbocycles. The lowest BCUT2D eigenvalue weighted by molar-refractivity contribution is 0.122. The molecule has 162 valence electrons. The van der Waals surface area contributed by atoms with Crippen molar-refractivity contribution in [3.8, 4) is 11.3 Å². The lowest BCUT2D eigenvalue weighted by Crippen LogP contribution is -2.38. The van der Waals surface area contributed by atoms with Gasteiger partial charge in [0.1, 0.15) is 0 Å². The molecule has 0 unspecified atom stereocenters. The second-order valence-corrected chi connectivity index (χ2v) is 8.30. The first kappa shape index (κ1) is 20.1. The highest BCUT2D eigenvalue weighted by atomic mass is 16.5. The standard InChI is InChI=1S/C23H28N6O2/c1-17-13-21(31-27-17)20-14-25-23(29-9-11-30-12-10-29)26-22(20)18-5-4-8-28(15-18)16-19-6-2-3-7-24-19/h2-3,6-7,13-14,18H,4-5,8-12,15-16H2,1H3/t18-/m0/s1. The quantitative estimate of drug-likeness (QED) is 0.623. The molecule has 5 heterocycles. The van der Waals surface area contributed by atoms with Gasteiger partial charge in [0, 0.05) is 50.6 Å². The van der Waals surface area contributed by atoms with Crippen molar-refractivity contribution in [2.75, 3.05) is 44.3 Å². The highest BCUT2D eigenvalue weighted by Crippen LogP contribution is 2.34. The number of aromatic nitrogens is 4. The monoisotopic (exact) mass is 420 g/mol. The Morgan fingerprint density at radius 2 is 2.03 bits per heavy atom. The van der Waals surface area contributed by atoms with Gasteiger partial charge in [0.05, 0.1) is 35.9 Å². The van der Waals surface area contributed by atoms with Gasteiger partial charge in [-0.25, -0.2) is 9.97 Å². The summed E-state index contributed by atoms with van der Waals surface area (Å²) in [6, 6.07) is 8.06. The Bertz CT molecular complexity index is 1000. The van der Waals surface area contributed by atoms with Crippen LogP contribution >= 0.6 is 0 Å². The maximum absolute atomic E-state index is 5.60. The maximum atomic E-state index is 5.60. The number of rotatable bonds is 5. The van der Waals surface area contributed by atoms with Crippen LogP contribution in [0.4, 0.5) is 5.95 Å². The molecule has 3 aromatic heterocycles. The minimum Gasteiger partial charge on any atom is -0.378 e. The Labute approximate surface area is 182 Å². The van der Waals surface area contributed by atoms with Crippen LogP contribution in [0, 0.1) is 6.92 Å². The van der Waals surface area contributed by atoms with Gasteiger partial charge in [0.15, 0.2) is 5.76 Å². The van der Waals surface area contributed by atoms with Crippen LogP contribution in [-0.4, -0.2) is 64.4 Å². The largest absolute Gasteiger partial charge is 0.378 e. The molecular formula is C23H28N6O2. The number of morpholine rings is 1. The van der Waals surface area contributed by atoms with E-state index in [1.165, 1.54) is 0 Å². The van der Waals surface area contributed by atoms with Crippen molar-refractivity contribution in [1.29, 1.82) is 0 Å². The molecular weight excluding hydrogens is 392 g/mol. The van der Waals surface area contributed by atoms with Crippen LogP contribution in [0.1, 0.15) is 35.8 Å². The first-order valence-corrected chi connectivity index (χ1v) is 11.0. The number of ether oxygens (including phenoxy) is 1. The summed E-state index contributed by atoms with van der Waals surface area (Å²) >= 11 is 0. The predicted octanol–water partition coefficient (Wildman–Crippen LogP) is 3.05. The summed E-state index contributed by atoms with van der Waals surface area (Å²) in [7, 11) is 0. The van der Waals surface area contributed by atoms with E-state index in [1.807, 2.05) is 37.5 Å². The maximum Gasteiger partial charge on any atom is 0.225 e. The van der Waals surface area contributed by atoms with Crippen LogP contribution in [0.15, 0.2) is 41.2 Å². The normalized spacial score (nSPS) is 20.2. The van der Waals surface area contributed by atoms with E-state index in [0.29, 0.717) is 19.1 Å². The lowest BCUT2D eigenvalue weighted by Gasteiger charge is -2.33. The molecule has 2 fully saturated rings. The van der Waals surface area contributed by atoms with Crippen LogP contribution in [0.2, 0.25) is 0 Å². The molecule has 3 aromatic rings. The van der Waals surface area contributed by atoms with Crippen molar-refractivity contribution in [2.24, 2.45) is 0 Å². The number of hydrogen-bond donors (Lipinski definition) is 0. The van der Waals surface area contributed by atoms with E-state index in [1.54, 1.807) is 0 Å². The molecule has 0 amide bonds. The van der Waals surface area contributed by atoms with Crippen molar-refractivity contribution in [3.05, 3.63) is 53.7 Å². The van der Waals surface area contributed by atoms with Gasteiger partial charge in [-0.1, -0.05) is 11.2 Å². The Morgan fingerprint density at radius 1 is 1.13 bits per heavy atom. The summed E-state index contributed by atoms with van der Waals surface area (Å²) < 4.78 is 11.1. The van der Waals surface area contributed by atoms with Crippen LogP contribution in [0.25, 0.3) is 11.3 Å². The average Bonchev–Trinajstić information content (AvgIpc) is 3.26. The first-order chi connectivity index (χ1) is 15.3. The summed E-state index contributed by atoms with van der Waals surface area (Å²) in [6.45, 7) is 7.86. The van der Waals surface area contributed by atoms with E-state index in [4.69, 9.17) is 14.2 Å². The zero-order valence-electron chi connectivity index (χ0n) is 17.9. The van der Waals surface area contributed by atoms with E-state index in [9.17, 15) is 0 Å². The SMILES string of the molecule is Cc1cc(-c2cnc(N3CCOCC3)nc2[C@H]2CCCN(Cc3ccccn3)C2)on1. The number of hydrogen-bond acceptors (Lipinski definition) is 8. The summed E-state index contributed by atoms with van der Waals surface area (Å²) in [5, 5.41) is 4.09. The Morgan fingerprint density at radius 3 is 2.81 bits per heavy atom. The molecule has 1 atom stereocenters.